The third kappa shape index (κ3) is 4.37. The molecule has 32 heavy (non-hydrogen) atoms. The van der Waals surface area contributed by atoms with E-state index in [1.54, 1.807) is 21.3 Å². The van der Waals surface area contributed by atoms with Gasteiger partial charge < -0.3 is 24.5 Å². The van der Waals surface area contributed by atoms with Gasteiger partial charge in [-0.1, -0.05) is 24.3 Å². The average Bonchev–Trinajstić information content (AvgIpc) is 3.23. The van der Waals surface area contributed by atoms with Crippen LogP contribution in [0.15, 0.2) is 54.6 Å². The number of amides is 1. The van der Waals surface area contributed by atoms with Crippen molar-refractivity contribution >= 4 is 22.6 Å². The largest absolute Gasteiger partial charge is 0.497 e. The van der Waals surface area contributed by atoms with Crippen molar-refractivity contribution in [2.75, 3.05) is 26.6 Å². The van der Waals surface area contributed by atoms with Crippen LogP contribution in [0.25, 0.3) is 22.4 Å². The van der Waals surface area contributed by atoms with E-state index in [9.17, 15) is 4.79 Å². The van der Waals surface area contributed by atoms with Gasteiger partial charge in [-0.25, -0.2) is 4.98 Å². The zero-order chi connectivity index (χ0) is 22.7. The van der Waals surface area contributed by atoms with Crippen LogP contribution in [-0.2, 0) is 11.2 Å². The van der Waals surface area contributed by atoms with Gasteiger partial charge in [-0.2, -0.15) is 0 Å². The van der Waals surface area contributed by atoms with Gasteiger partial charge in [-0.05, 0) is 36.2 Å². The van der Waals surface area contributed by atoms with E-state index in [1.165, 1.54) is 0 Å². The Morgan fingerprint density at radius 2 is 1.66 bits per heavy atom. The Morgan fingerprint density at radius 1 is 0.938 bits per heavy atom. The fraction of sp³-hybridized carbons (Fsp3) is 0.200. The van der Waals surface area contributed by atoms with Crippen LogP contribution in [0.5, 0.6) is 17.2 Å². The molecule has 4 aromatic rings. The molecule has 0 aliphatic carbocycles. The first-order chi connectivity index (χ1) is 15.5. The molecular formula is C25H25N3O4. The molecule has 0 aliphatic heterocycles. The number of nitrogens with one attached hydrogen (secondary N) is 2. The van der Waals surface area contributed by atoms with Crippen molar-refractivity contribution in [3.05, 3.63) is 65.7 Å². The Hall–Kier alpha value is -4.00. The standard InChI is InChI=1S/C25H25N3O4/c1-15-5-8-17(25-27-20-13-22(31-3)23(32-4)14-21(20)28-25)12-19(15)26-24(29)11-16-6-9-18(30-2)10-7-16/h5-10,12-14H,11H2,1-4H3,(H,26,29)(H,27,28). The van der Waals surface area contributed by atoms with Gasteiger partial charge in [0.2, 0.25) is 5.91 Å². The summed E-state index contributed by atoms with van der Waals surface area (Å²) in [6.45, 7) is 1.96. The van der Waals surface area contributed by atoms with Gasteiger partial charge in [0.1, 0.15) is 11.6 Å². The summed E-state index contributed by atoms with van der Waals surface area (Å²) in [5, 5.41) is 3.02. The lowest BCUT2D eigenvalue weighted by Crippen LogP contribution is -2.15. The van der Waals surface area contributed by atoms with E-state index >= 15 is 0 Å². The second-order valence-corrected chi connectivity index (χ2v) is 7.41. The number of aromatic amines is 1. The molecule has 0 saturated carbocycles. The van der Waals surface area contributed by atoms with E-state index < -0.39 is 0 Å². The number of H-pyrrole nitrogens is 1. The third-order valence-corrected chi connectivity index (χ3v) is 5.30. The van der Waals surface area contributed by atoms with E-state index in [0.29, 0.717) is 17.3 Å². The average molecular weight is 431 g/mol. The number of benzene rings is 3. The lowest BCUT2D eigenvalue weighted by atomic mass is 10.1. The van der Waals surface area contributed by atoms with E-state index in [-0.39, 0.29) is 12.3 Å². The number of hydrogen-bond donors (Lipinski definition) is 2. The van der Waals surface area contributed by atoms with Gasteiger partial charge in [-0.15, -0.1) is 0 Å². The minimum atomic E-state index is -0.0884. The van der Waals surface area contributed by atoms with E-state index in [1.807, 2.05) is 61.5 Å². The van der Waals surface area contributed by atoms with E-state index in [0.717, 1.165) is 39.2 Å². The first kappa shape index (κ1) is 21.2. The molecule has 7 nitrogen and oxygen atoms in total. The Kier molecular flexibility index (Phi) is 5.98. The Morgan fingerprint density at radius 3 is 2.34 bits per heavy atom. The second-order valence-electron chi connectivity index (χ2n) is 7.41. The predicted molar refractivity (Wildman–Crippen MR) is 125 cm³/mol. The number of carbonyl (C=O) groups is 1. The number of rotatable bonds is 7. The van der Waals surface area contributed by atoms with Crippen molar-refractivity contribution in [1.29, 1.82) is 0 Å². The first-order valence-electron chi connectivity index (χ1n) is 10.2. The number of methoxy groups -OCH3 is 3. The van der Waals surface area contributed by atoms with Gasteiger partial charge >= 0.3 is 0 Å². The first-order valence-corrected chi connectivity index (χ1v) is 10.2. The van der Waals surface area contributed by atoms with Gasteiger partial charge in [0.25, 0.3) is 0 Å². The molecular weight excluding hydrogens is 406 g/mol. The minimum absolute atomic E-state index is 0.0884. The molecule has 0 bridgehead atoms. The molecule has 7 heteroatoms. The molecule has 4 rings (SSSR count). The molecule has 0 unspecified atom stereocenters. The molecule has 0 radical (unpaired) electrons. The smallest absolute Gasteiger partial charge is 0.228 e. The number of fused-ring (bicyclic) bond motifs is 1. The van der Waals surface area contributed by atoms with Crippen molar-refractivity contribution in [2.45, 2.75) is 13.3 Å². The number of imidazole rings is 1. The fourth-order valence-corrected chi connectivity index (χ4v) is 3.50. The molecule has 0 fully saturated rings. The summed E-state index contributed by atoms with van der Waals surface area (Å²) >= 11 is 0. The van der Waals surface area contributed by atoms with Crippen molar-refractivity contribution in [3.63, 3.8) is 0 Å². The predicted octanol–water partition coefficient (Wildman–Crippen LogP) is 4.75. The topological polar surface area (TPSA) is 85.5 Å². The summed E-state index contributed by atoms with van der Waals surface area (Å²) < 4.78 is 15.9. The maximum Gasteiger partial charge on any atom is 0.228 e. The molecule has 0 atom stereocenters. The zero-order valence-corrected chi connectivity index (χ0v) is 18.5. The number of nitrogens with zero attached hydrogens (tertiary/aromatic N) is 1. The van der Waals surface area contributed by atoms with Crippen LogP contribution in [0.3, 0.4) is 0 Å². The maximum absolute atomic E-state index is 12.6. The number of aryl methyl sites for hydroxylation is 1. The minimum Gasteiger partial charge on any atom is -0.497 e. The van der Waals surface area contributed by atoms with Crippen LogP contribution in [0, 0.1) is 6.92 Å². The molecule has 2 N–H and O–H groups in total. The van der Waals surface area contributed by atoms with Crippen molar-refractivity contribution in [1.82, 2.24) is 9.97 Å². The van der Waals surface area contributed by atoms with E-state index in [2.05, 4.69) is 15.3 Å². The van der Waals surface area contributed by atoms with Gasteiger partial charge in [0.15, 0.2) is 11.5 Å². The highest BCUT2D eigenvalue weighted by molar-refractivity contribution is 5.94. The number of carbonyl (C=O) groups excluding carboxylic acids is 1. The molecule has 164 valence electrons. The third-order valence-electron chi connectivity index (χ3n) is 5.30. The summed E-state index contributed by atoms with van der Waals surface area (Å²) in [7, 11) is 4.81. The lowest BCUT2D eigenvalue weighted by Gasteiger charge is -2.10. The summed E-state index contributed by atoms with van der Waals surface area (Å²) in [4.78, 5) is 20.6. The second kappa shape index (κ2) is 9.01. The summed E-state index contributed by atoms with van der Waals surface area (Å²) in [6.07, 6.45) is 0.276. The van der Waals surface area contributed by atoms with Crippen LogP contribution in [-0.4, -0.2) is 37.2 Å². The summed E-state index contributed by atoms with van der Waals surface area (Å²) in [5.74, 6) is 2.62. The molecule has 0 saturated heterocycles. The Labute approximate surface area is 186 Å². The fourth-order valence-electron chi connectivity index (χ4n) is 3.50. The maximum atomic E-state index is 12.6. The van der Waals surface area contributed by atoms with Gasteiger partial charge in [0, 0.05) is 23.4 Å². The SMILES string of the molecule is COc1ccc(CC(=O)Nc2cc(-c3nc4cc(OC)c(OC)cc4[nH]3)ccc2C)cc1. The highest BCUT2D eigenvalue weighted by Gasteiger charge is 2.13. The van der Waals surface area contributed by atoms with Gasteiger partial charge in [0.05, 0.1) is 38.8 Å². The normalized spacial score (nSPS) is 10.8. The van der Waals surface area contributed by atoms with Crippen LogP contribution in [0.2, 0.25) is 0 Å². The highest BCUT2D eigenvalue weighted by atomic mass is 16.5. The van der Waals surface area contributed by atoms with Crippen LogP contribution in [0.1, 0.15) is 11.1 Å². The molecule has 0 aliphatic rings. The number of hydrogen-bond acceptors (Lipinski definition) is 5. The molecule has 1 aromatic heterocycles. The van der Waals surface area contributed by atoms with Crippen molar-refractivity contribution in [2.24, 2.45) is 0 Å². The summed E-state index contributed by atoms with van der Waals surface area (Å²) in [6, 6.07) is 17.0. The van der Waals surface area contributed by atoms with E-state index in [4.69, 9.17) is 14.2 Å². The molecule has 3 aromatic carbocycles. The molecule has 1 heterocycles. The monoisotopic (exact) mass is 431 g/mol. The number of anilines is 1. The van der Waals surface area contributed by atoms with Crippen molar-refractivity contribution in [3.8, 4) is 28.6 Å². The quantitative estimate of drug-likeness (QED) is 0.441. The Bertz CT molecular complexity index is 1220. The van der Waals surface area contributed by atoms with Gasteiger partial charge in [-0.3, -0.25) is 4.79 Å². The van der Waals surface area contributed by atoms with Crippen molar-refractivity contribution < 1.29 is 19.0 Å². The molecule has 0 spiro atoms. The lowest BCUT2D eigenvalue weighted by molar-refractivity contribution is -0.115. The number of ether oxygens (including phenoxy) is 3. The van der Waals surface area contributed by atoms with Crippen LogP contribution >= 0.6 is 0 Å². The molecule has 1 amide bonds. The van der Waals surface area contributed by atoms with Crippen LogP contribution in [0.4, 0.5) is 5.69 Å². The Balaban J connectivity index is 1.57. The van der Waals surface area contributed by atoms with Crippen LogP contribution < -0.4 is 19.5 Å². The summed E-state index contributed by atoms with van der Waals surface area (Å²) in [5.41, 5.74) is 5.10. The highest BCUT2D eigenvalue weighted by Crippen LogP contribution is 2.33. The zero-order valence-electron chi connectivity index (χ0n) is 18.5. The number of aromatic nitrogens is 2.